The Morgan fingerprint density at radius 3 is 2.40 bits per heavy atom. The molecule has 2 aromatic heterocycles. The first-order valence-electron chi connectivity index (χ1n) is 24.5. The van der Waals surface area contributed by atoms with E-state index in [0.717, 1.165) is 107 Å². The van der Waals surface area contributed by atoms with Crippen LogP contribution in [0, 0.1) is 11.8 Å². The molecule has 0 radical (unpaired) electrons. The first-order valence-corrected chi connectivity index (χ1v) is 24.5. The molecule has 3 aliphatic heterocycles. The van der Waals surface area contributed by atoms with Crippen LogP contribution in [0.5, 0.6) is 0 Å². The van der Waals surface area contributed by atoms with Gasteiger partial charge in [-0.05, 0) is 119 Å². The molecule has 2 atom stereocenters. The summed E-state index contributed by atoms with van der Waals surface area (Å²) in [5.74, 6) is 0.689. The van der Waals surface area contributed by atoms with E-state index in [0.29, 0.717) is 62.4 Å². The molecule has 1 aromatic carbocycles. The van der Waals surface area contributed by atoms with Gasteiger partial charge in [-0.1, -0.05) is 31.6 Å². The second-order valence-corrected chi connectivity index (χ2v) is 19.4. The number of nitrogens with zero attached hydrogens (tertiary/aromatic N) is 10. The maximum Gasteiger partial charge on any atom is 0.418 e. The van der Waals surface area contributed by atoms with Gasteiger partial charge in [0.25, 0.3) is 0 Å². The third kappa shape index (κ3) is 13.6. The fraction of sp³-hybridized carbons (Fsp3) is 0.608. The summed E-state index contributed by atoms with van der Waals surface area (Å²) in [4.78, 5) is 39.7. The first kappa shape index (κ1) is 50.3. The van der Waals surface area contributed by atoms with Crippen molar-refractivity contribution in [3.8, 4) is 5.69 Å². The Morgan fingerprint density at radius 1 is 0.955 bits per heavy atom. The van der Waals surface area contributed by atoms with Crippen molar-refractivity contribution in [3.63, 3.8) is 0 Å². The molecule has 67 heavy (non-hydrogen) atoms. The van der Waals surface area contributed by atoms with Crippen molar-refractivity contribution >= 4 is 24.9 Å². The van der Waals surface area contributed by atoms with Crippen LogP contribution in [0.1, 0.15) is 75.5 Å². The molecule has 4 aliphatic rings. The van der Waals surface area contributed by atoms with Crippen molar-refractivity contribution < 1.29 is 22.7 Å². The van der Waals surface area contributed by atoms with Gasteiger partial charge in [0.1, 0.15) is 12.6 Å². The third-order valence-corrected chi connectivity index (χ3v) is 14.5. The van der Waals surface area contributed by atoms with Crippen molar-refractivity contribution in [3.05, 3.63) is 93.3 Å². The summed E-state index contributed by atoms with van der Waals surface area (Å²) >= 11 is 0. The number of halogens is 3. The van der Waals surface area contributed by atoms with Gasteiger partial charge in [0.2, 0.25) is 0 Å². The number of pyridine rings is 1. The number of alkyl halides is 3. The lowest BCUT2D eigenvalue weighted by Crippen LogP contribution is -2.48. The number of piperazine rings is 1. The minimum absolute atomic E-state index is 0.0153. The van der Waals surface area contributed by atoms with E-state index in [1.165, 1.54) is 40.9 Å². The van der Waals surface area contributed by atoms with Gasteiger partial charge in [-0.3, -0.25) is 23.7 Å². The third-order valence-electron chi connectivity index (χ3n) is 14.5. The van der Waals surface area contributed by atoms with Crippen molar-refractivity contribution in [2.75, 3.05) is 99.2 Å². The largest absolute Gasteiger partial charge is 0.418 e. The van der Waals surface area contributed by atoms with Gasteiger partial charge < -0.3 is 24.2 Å². The standard InChI is InChI=1S/C51H73F3N10O3/c1-6-8-39(2)58(5)35-44-31-45(12-11-43(44)37-65)62-25-23-61(24-26-62)32-41-14-19-59(20-15-41)27-28-67-47-16-21-60(22-17-47)33-42-30-48(51(52,53)54)49-36-63(50(66)64(49)34-42)46-10-7-9-40(29-46)13-18-57(4)38-56-55-3/h7,9-10,12,29-31,34,36-39,41,43,47H,3,6,8,11,13-28,32-33,35H2,1-2,4-5H3/b56-38-/t39-,43?/m0/s1. The van der Waals surface area contributed by atoms with Crippen LogP contribution in [-0.4, -0.2) is 169 Å². The molecule has 0 spiro atoms. The fourth-order valence-electron chi connectivity index (χ4n) is 10.2. The molecule has 5 heterocycles. The van der Waals surface area contributed by atoms with E-state index in [4.69, 9.17) is 4.74 Å². The minimum atomic E-state index is -4.63. The van der Waals surface area contributed by atoms with E-state index in [1.54, 1.807) is 24.7 Å². The molecule has 13 nitrogen and oxygen atoms in total. The molecule has 3 aromatic rings. The molecule has 1 unspecified atom stereocenters. The summed E-state index contributed by atoms with van der Waals surface area (Å²) < 4.78 is 52.3. The summed E-state index contributed by atoms with van der Waals surface area (Å²) in [5, 5.41) is 7.25. The second-order valence-electron chi connectivity index (χ2n) is 19.4. The van der Waals surface area contributed by atoms with Crippen molar-refractivity contribution in [2.45, 2.75) is 90.1 Å². The lowest BCUT2D eigenvalue weighted by atomic mass is 9.90. The van der Waals surface area contributed by atoms with E-state index < -0.39 is 17.4 Å². The maximum absolute atomic E-state index is 14.5. The zero-order valence-electron chi connectivity index (χ0n) is 40.3. The predicted octanol–water partition coefficient (Wildman–Crippen LogP) is 6.69. The van der Waals surface area contributed by atoms with Gasteiger partial charge >= 0.3 is 11.9 Å². The van der Waals surface area contributed by atoms with Crippen LogP contribution in [0.4, 0.5) is 13.2 Å². The molecule has 1 aliphatic carbocycles. The van der Waals surface area contributed by atoms with E-state index in [-0.39, 0.29) is 17.5 Å². The Morgan fingerprint density at radius 2 is 1.70 bits per heavy atom. The summed E-state index contributed by atoms with van der Waals surface area (Å²) in [6.45, 7) is 20.1. The average Bonchev–Trinajstić information content (AvgIpc) is 3.66. The Kier molecular flexibility index (Phi) is 17.7. The summed E-state index contributed by atoms with van der Waals surface area (Å²) in [6, 6.07) is 8.98. The highest BCUT2D eigenvalue weighted by atomic mass is 19.4. The molecule has 3 saturated heterocycles. The number of carbonyl (C=O) groups is 1. The van der Waals surface area contributed by atoms with Crippen LogP contribution in [0.15, 0.2) is 81.1 Å². The number of ether oxygens (including phenoxy) is 1. The lowest BCUT2D eigenvalue weighted by Gasteiger charge is -2.41. The van der Waals surface area contributed by atoms with Crippen LogP contribution in [0.3, 0.4) is 0 Å². The molecule has 0 bridgehead atoms. The second kappa shape index (κ2) is 23.6. The summed E-state index contributed by atoms with van der Waals surface area (Å²) in [7, 11) is 4.03. The topological polar surface area (TPSA) is 96.9 Å². The molecule has 3 fully saturated rings. The summed E-state index contributed by atoms with van der Waals surface area (Å²) in [6.07, 6.45) is 13.4. The van der Waals surface area contributed by atoms with Gasteiger partial charge in [-0.15, -0.1) is 5.10 Å². The zero-order valence-corrected chi connectivity index (χ0v) is 40.3. The molecule has 0 amide bonds. The number of aromatic nitrogens is 2. The number of fused-ring (bicyclic) bond motifs is 1. The molecule has 0 saturated carbocycles. The fourth-order valence-corrected chi connectivity index (χ4v) is 10.2. The quantitative estimate of drug-likeness (QED) is 0.0502. The van der Waals surface area contributed by atoms with Gasteiger partial charge in [-0.2, -0.15) is 18.3 Å². The van der Waals surface area contributed by atoms with E-state index in [1.807, 2.05) is 24.1 Å². The van der Waals surface area contributed by atoms with Crippen LogP contribution < -0.4 is 5.69 Å². The molecule has 16 heteroatoms. The highest BCUT2D eigenvalue weighted by molar-refractivity contribution is 5.61. The number of rotatable bonds is 21. The molecule has 0 N–H and O–H groups in total. The monoisotopic (exact) mass is 931 g/mol. The first-order chi connectivity index (χ1) is 32.3. The number of piperidine rings is 2. The molecule has 366 valence electrons. The molecular weight excluding hydrogens is 858 g/mol. The number of hydrogen-bond donors (Lipinski definition) is 0. The highest BCUT2D eigenvalue weighted by Gasteiger charge is 2.35. The summed E-state index contributed by atoms with van der Waals surface area (Å²) in [5.41, 5.74) is 2.89. The van der Waals surface area contributed by atoms with Crippen molar-refractivity contribution in [1.82, 2.24) is 38.4 Å². The number of allylic oxidation sites excluding steroid dienone is 2. The molecule has 7 rings (SSSR count). The number of imidazole rings is 1. The maximum atomic E-state index is 14.5. The Balaban J connectivity index is 0.823. The Labute approximate surface area is 395 Å². The van der Waals surface area contributed by atoms with E-state index >= 15 is 0 Å². The Bertz CT molecular complexity index is 2250. The normalized spacial score (nSPS) is 20.5. The average molecular weight is 931 g/mol. The van der Waals surface area contributed by atoms with Crippen molar-refractivity contribution in [1.29, 1.82) is 0 Å². The van der Waals surface area contributed by atoms with Crippen molar-refractivity contribution in [2.24, 2.45) is 22.0 Å². The van der Waals surface area contributed by atoms with E-state index in [9.17, 15) is 22.8 Å². The number of likely N-dealkylation sites (tertiary alicyclic amines) is 2. The minimum Gasteiger partial charge on any atom is -0.377 e. The van der Waals surface area contributed by atoms with Crippen LogP contribution in [-0.2, 0) is 28.7 Å². The van der Waals surface area contributed by atoms with Gasteiger partial charge in [-0.25, -0.2) is 4.79 Å². The smallest absolute Gasteiger partial charge is 0.377 e. The van der Waals surface area contributed by atoms with Crippen LogP contribution >= 0.6 is 0 Å². The zero-order chi connectivity index (χ0) is 47.5. The number of carbonyl (C=O) groups excluding carboxylic acids is 1. The van der Waals surface area contributed by atoms with Crippen LogP contribution in [0.25, 0.3) is 11.2 Å². The Hall–Kier alpha value is -4.61. The van der Waals surface area contributed by atoms with Crippen LogP contribution in [0.2, 0.25) is 0 Å². The SMILES string of the molecule is C=N/N=C\N(C)CCc1cccc(-n2cc3c(C(F)(F)F)cc(CN4CCC(OCCN5CCC(CN6CCN(C7=CCC(C=O)C(CN(C)[C@@H](C)CCC)=C7)CC6)CC5)CC4)cn3c2=O)c1. The van der Waals surface area contributed by atoms with E-state index in [2.05, 4.69) is 74.5 Å². The number of aldehydes is 1. The lowest BCUT2D eigenvalue weighted by molar-refractivity contribution is -0.136. The number of hydrogen-bond acceptors (Lipinski definition) is 10. The number of benzene rings is 1. The highest BCUT2D eigenvalue weighted by Crippen LogP contribution is 2.34. The van der Waals surface area contributed by atoms with Gasteiger partial charge in [0.15, 0.2) is 0 Å². The number of likely N-dealkylation sites (N-methyl/N-ethyl adjacent to an activating group) is 2. The van der Waals surface area contributed by atoms with Gasteiger partial charge in [0, 0.05) is 116 Å². The molecular formula is C51H73F3N10O3. The van der Waals surface area contributed by atoms with Gasteiger partial charge in [0.05, 0.1) is 29.5 Å². The predicted molar refractivity (Wildman–Crippen MR) is 261 cm³/mol.